The van der Waals surface area contributed by atoms with Crippen LogP contribution in [0.5, 0.6) is 0 Å². The van der Waals surface area contributed by atoms with Gasteiger partial charge in [0.2, 0.25) is 0 Å². The molecule has 2 amide bonds. The van der Waals surface area contributed by atoms with Crippen LogP contribution in [0.2, 0.25) is 0 Å². The Balaban J connectivity index is 1.54. The van der Waals surface area contributed by atoms with Crippen LogP contribution in [0.1, 0.15) is 65.1 Å². The lowest BCUT2D eigenvalue weighted by Gasteiger charge is -2.24. The number of carboxylic acids is 1. The van der Waals surface area contributed by atoms with Crippen LogP contribution >= 0.6 is 0 Å². The summed E-state index contributed by atoms with van der Waals surface area (Å²) in [5.74, 6) is -1.44. The van der Waals surface area contributed by atoms with Crippen molar-refractivity contribution in [3.8, 4) is 11.1 Å². The van der Waals surface area contributed by atoms with E-state index in [1.807, 2.05) is 6.07 Å². The third-order valence-corrected chi connectivity index (χ3v) is 7.12. The highest BCUT2D eigenvalue weighted by Gasteiger charge is 2.39. The highest BCUT2D eigenvalue weighted by atomic mass is 16.6. The predicted molar refractivity (Wildman–Crippen MR) is 159 cm³/mol. The zero-order chi connectivity index (χ0) is 30.6. The van der Waals surface area contributed by atoms with Gasteiger partial charge in [0, 0.05) is 18.3 Å². The maximum atomic E-state index is 13.5. The molecule has 2 aromatic carbocycles. The number of nitrogen functional groups attached to an aromatic ring is 1. The van der Waals surface area contributed by atoms with Crippen molar-refractivity contribution in [1.29, 1.82) is 0 Å². The number of benzene rings is 2. The second-order valence-electron chi connectivity index (χ2n) is 11.5. The van der Waals surface area contributed by atoms with Gasteiger partial charge in [0.1, 0.15) is 11.4 Å². The van der Waals surface area contributed by atoms with Crippen molar-refractivity contribution in [2.75, 3.05) is 18.8 Å². The summed E-state index contributed by atoms with van der Waals surface area (Å²) in [6, 6.07) is 13.5. The number of carboxylic acid groups (broad SMARTS) is 1. The molecule has 1 aliphatic heterocycles. The third kappa shape index (κ3) is 7.44. The lowest BCUT2D eigenvalue weighted by molar-refractivity contribution is 0.0158. The second kappa shape index (κ2) is 12.6. The first-order valence-electron chi connectivity index (χ1n) is 13.9. The van der Waals surface area contributed by atoms with Crippen molar-refractivity contribution in [2.45, 2.75) is 65.4 Å². The number of ether oxygens (including phenoxy) is 2. The number of carbonyl (C=O) groups is 3. The molecule has 4 rings (SSSR count). The standard InChI is InChI=1S/C32H38N4O6/c1-6-21-13-20(8-7-19(21)2)18-41-27-17-36(31(40)42-32(3,4)5)16-26(27)35-29(37)25-14-24(15-34-28(25)33)22-9-11-23(12-10-22)30(38)39/h7-15,26-27H,6,16-18H2,1-5H3,(H2,33,34)(H,35,37)(H,38,39)/t26-,27-/m0/s1. The molecule has 222 valence electrons. The number of aromatic carboxylic acids is 1. The summed E-state index contributed by atoms with van der Waals surface area (Å²) in [7, 11) is 0. The molecule has 3 aromatic rings. The van der Waals surface area contributed by atoms with E-state index in [0.29, 0.717) is 17.7 Å². The number of hydrogen-bond donors (Lipinski definition) is 3. The van der Waals surface area contributed by atoms with Crippen molar-refractivity contribution in [1.82, 2.24) is 15.2 Å². The smallest absolute Gasteiger partial charge is 0.410 e. The van der Waals surface area contributed by atoms with Gasteiger partial charge in [-0.05, 0) is 74.6 Å². The number of nitrogens with one attached hydrogen (secondary N) is 1. The number of carbonyl (C=O) groups excluding carboxylic acids is 2. The first-order chi connectivity index (χ1) is 19.8. The number of hydrogen-bond acceptors (Lipinski definition) is 7. The Morgan fingerprint density at radius 3 is 2.43 bits per heavy atom. The second-order valence-corrected chi connectivity index (χ2v) is 11.5. The van der Waals surface area contributed by atoms with E-state index in [2.05, 4.69) is 36.3 Å². The first-order valence-corrected chi connectivity index (χ1v) is 13.9. The monoisotopic (exact) mass is 574 g/mol. The molecule has 4 N–H and O–H groups in total. The Bertz CT molecular complexity index is 1460. The fourth-order valence-electron chi connectivity index (χ4n) is 4.82. The van der Waals surface area contributed by atoms with E-state index in [1.54, 1.807) is 39.0 Å². The molecule has 1 fully saturated rings. The Morgan fingerprint density at radius 1 is 1.07 bits per heavy atom. The van der Waals surface area contributed by atoms with Crippen molar-refractivity contribution >= 4 is 23.8 Å². The molecule has 0 bridgehead atoms. The van der Waals surface area contributed by atoms with Gasteiger partial charge in [0.05, 0.1) is 36.4 Å². The Hall–Kier alpha value is -4.44. The number of rotatable bonds is 8. The number of nitrogens with two attached hydrogens (primary N) is 1. The van der Waals surface area contributed by atoms with Gasteiger partial charge in [-0.25, -0.2) is 14.6 Å². The molecule has 42 heavy (non-hydrogen) atoms. The van der Waals surface area contributed by atoms with Gasteiger partial charge in [-0.3, -0.25) is 4.79 Å². The molecule has 1 saturated heterocycles. The molecule has 10 nitrogen and oxygen atoms in total. The van der Waals surface area contributed by atoms with Crippen LogP contribution in [0.25, 0.3) is 11.1 Å². The summed E-state index contributed by atoms with van der Waals surface area (Å²) in [6.07, 6.45) is 1.46. The fourth-order valence-corrected chi connectivity index (χ4v) is 4.82. The molecule has 1 aromatic heterocycles. The van der Waals surface area contributed by atoms with Crippen LogP contribution in [-0.4, -0.2) is 63.8 Å². The van der Waals surface area contributed by atoms with Crippen molar-refractivity contribution in [2.24, 2.45) is 0 Å². The van der Waals surface area contributed by atoms with Crippen molar-refractivity contribution < 1.29 is 29.0 Å². The third-order valence-electron chi connectivity index (χ3n) is 7.12. The molecule has 0 spiro atoms. The highest BCUT2D eigenvalue weighted by molar-refractivity contribution is 5.99. The SMILES string of the molecule is CCc1cc(CO[C@H]2CN(C(=O)OC(C)(C)C)C[C@@H]2NC(=O)c2cc(-c3ccc(C(=O)O)cc3)cnc2N)ccc1C. The van der Waals surface area contributed by atoms with Crippen LogP contribution in [0.15, 0.2) is 54.7 Å². The summed E-state index contributed by atoms with van der Waals surface area (Å²) in [4.78, 5) is 43.3. The minimum Gasteiger partial charge on any atom is -0.478 e. The van der Waals surface area contributed by atoms with Gasteiger partial charge in [-0.1, -0.05) is 37.3 Å². The number of amides is 2. The van der Waals surface area contributed by atoms with Gasteiger partial charge in [-0.2, -0.15) is 0 Å². The lowest BCUT2D eigenvalue weighted by Crippen LogP contribution is -2.44. The molecule has 0 radical (unpaired) electrons. The molecular weight excluding hydrogens is 536 g/mol. The summed E-state index contributed by atoms with van der Waals surface area (Å²) in [6.45, 7) is 10.3. The zero-order valence-corrected chi connectivity index (χ0v) is 24.6. The van der Waals surface area contributed by atoms with E-state index in [0.717, 1.165) is 12.0 Å². The molecular formula is C32H38N4O6. The van der Waals surface area contributed by atoms with Crippen molar-refractivity contribution in [3.63, 3.8) is 0 Å². The normalized spacial score (nSPS) is 16.7. The van der Waals surface area contributed by atoms with E-state index >= 15 is 0 Å². The largest absolute Gasteiger partial charge is 0.478 e. The minimum atomic E-state index is -1.03. The summed E-state index contributed by atoms with van der Waals surface area (Å²) in [5.41, 5.74) is 10.5. The highest BCUT2D eigenvalue weighted by Crippen LogP contribution is 2.25. The van der Waals surface area contributed by atoms with Crippen LogP contribution in [0.3, 0.4) is 0 Å². The summed E-state index contributed by atoms with van der Waals surface area (Å²) in [5, 5.41) is 12.2. The van der Waals surface area contributed by atoms with Gasteiger partial charge >= 0.3 is 12.1 Å². The molecule has 1 aliphatic rings. The fraction of sp³-hybridized carbons (Fsp3) is 0.375. The molecule has 2 atom stereocenters. The Labute approximate surface area is 245 Å². The Kier molecular flexibility index (Phi) is 9.16. The average Bonchev–Trinajstić information content (AvgIpc) is 3.34. The van der Waals surface area contributed by atoms with Gasteiger partial charge in [-0.15, -0.1) is 0 Å². The Morgan fingerprint density at radius 2 is 1.79 bits per heavy atom. The van der Waals surface area contributed by atoms with E-state index in [1.165, 1.54) is 34.4 Å². The molecule has 0 aliphatic carbocycles. The molecule has 0 unspecified atom stereocenters. The van der Waals surface area contributed by atoms with Crippen molar-refractivity contribution in [3.05, 3.63) is 82.5 Å². The zero-order valence-electron chi connectivity index (χ0n) is 24.6. The van der Waals surface area contributed by atoms with Crippen LogP contribution in [0, 0.1) is 6.92 Å². The topological polar surface area (TPSA) is 144 Å². The number of anilines is 1. The van der Waals surface area contributed by atoms with E-state index in [-0.39, 0.29) is 30.0 Å². The van der Waals surface area contributed by atoms with E-state index < -0.39 is 35.7 Å². The number of aromatic nitrogens is 1. The quantitative estimate of drug-likeness (QED) is 0.347. The van der Waals surface area contributed by atoms with Crippen LogP contribution in [0.4, 0.5) is 10.6 Å². The first kappa shape index (κ1) is 30.5. The number of likely N-dealkylation sites (tertiary alicyclic amines) is 1. The van der Waals surface area contributed by atoms with E-state index in [9.17, 15) is 19.5 Å². The summed E-state index contributed by atoms with van der Waals surface area (Å²) >= 11 is 0. The lowest BCUT2D eigenvalue weighted by atomic mass is 10.0. The van der Waals surface area contributed by atoms with Gasteiger partial charge in [0.25, 0.3) is 5.91 Å². The van der Waals surface area contributed by atoms with Crippen LogP contribution < -0.4 is 11.1 Å². The number of aryl methyl sites for hydroxylation is 2. The predicted octanol–water partition coefficient (Wildman–Crippen LogP) is 4.83. The van der Waals surface area contributed by atoms with E-state index in [4.69, 9.17) is 15.2 Å². The minimum absolute atomic E-state index is 0.0459. The number of nitrogens with zero attached hydrogens (tertiary/aromatic N) is 2. The molecule has 10 heteroatoms. The maximum absolute atomic E-state index is 13.5. The van der Waals surface area contributed by atoms with Gasteiger partial charge < -0.3 is 30.5 Å². The maximum Gasteiger partial charge on any atom is 0.410 e. The number of pyridine rings is 1. The van der Waals surface area contributed by atoms with Gasteiger partial charge in [0.15, 0.2) is 0 Å². The average molecular weight is 575 g/mol. The van der Waals surface area contributed by atoms with Crippen LogP contribution in [-0.2, 0) is 22.5 Å². The molecule has 2 heterocycles. The summed E-state index contributed by atoms with van der Waals surface area (Å²) < 4.78 is 11.9. The molecule has 0 saturated carbocycles.